The van der Waals surface area contributed by atoms with Gasteiger partial charge < -0.3 is 0 Å². The summed E-state index contributed by atoms with van der Waals surface area (Å²) in [6.07, 6.45) is -8.83. The first-order valence-electron chi connectivity index (χ1n) is 10.9. The second-order valence-electron chi connectivity index (χ2n) is 7.96. The molecule has 0 unspecified atom stereocenters. The first-order chi connectivity index (χ1) is 17.9. The van der Waals surface area contributed by atoms with Crippen LogP contribution in [-0.4, -0.2) is 11.6 Å². The third kappa shape index (κ3) is 6.87. The van der Waals surface area contributed by atoms with E-state index in [2.05, 4.69) is 0 Å². The topological polar surface area (TPSA) is 34.1 Å². The van der Waals surface area contributed by atoms with Crippen LogP contribution in [0.15, 0.2) is 117 Å². The van der Waals surface area contributed by atoms with Crippen LogP contribution in [0.1, 0.15) is 31.8 Å². The van der Waals surface area contributed by atoms with Crippen molar-refractivity contribution < 1.29 is 35.9 Å². The first kappa shape index (κ1) is 27.5. The lowest BCUT2D eigenvalue weighted by Gasteiger charge is -2.08. The van der Waals surface area contributed by atoms with Crippen molar-refractivity contribution in [2.24, 2.45) is 0 Å². The molecule has 4 rings (SSSR count). The average Bonchev–Trinajstić information content (AvgIpc) is 2.88. The Labute approximate surface area is 222 Å². The minimum atomic E-state index is -4.41. The molecule has 0 bridgehead atoms. The van der Waals surface area contributed by atoms with Crippen molar-refractivity contribution in [1.29, 1.82) is 0 Å². The Morgan fingerprint density at radius 2 is 0.658 bits per heavy atom. The molecule has 0 aliphatic rings. The molecule has 194 valence electrons. The van der Waals surface area contributed by atoms with Gasteiger partial charge in [0.15, 0.2) is 0 Å². The molecule has 0 aliphatic heterocycles. The molecule has 0 fully saturated rings. The molecular weight excluding hydrogens is 546 g/mol. The minimum absolute atomic E-state index is 0.162. The highest BCUT2D eigenvalue weighted by Gasteiger charge is 2.30. The number of alkyl halides is 6. The first-order valence-corrected chi connectivity index (χ1v) is 12.5. The van der Waals surface area contributed by atoms with E-state index in [0.717, 1.165) is 24.3 Å². The highest BCUT2D eigenvalue weighted by Crippen LogP contribution is 2.34. The summed E-state index contributed by atoms with van der Waals surface area (Å²) < 4.78 is 76.3. The fourth-order valence-electron chi connectivity index (χ4n) is 3.31. The maximum absolute atomic E-state index is 12.7. The van der Waals surface area contributed by atoms with Crippen molar-refractivity contribution in [2.45, 2.75) is 31.9 Å². The summed E-state index contributed by atoms with van der Waals surface area (Å²) in [7, 11) is 0. The van der Waals surface area contributed by atoms with Crippen LogP contribution in [-0.2, 0) is 12.4 Å². The molecule has 0 aromatic heterocycles. The maximum Gasteiger partial charge on any atom is 0.416 e. The molecule has 0 aliphatic carbocycles. The number of halogens is 6. The summed E-state index contributed by atoms with van der Waals surface area (Å²) >= 11 is 2.43. The number of hydrogen-bond donors (Lipinski definition) is 0. The van der Waals surface area contributed by atoms with Gasteiger partial charge in [-0.05, 0) is 97.1 Å². The van der Waals surface area contributed by atoms with Crippen LogP contribution in [0.25, 0.3) is 0 Å². The Bertz CT molecular complexity index is 1310. The zero-order chi connectivity index (χ0) is 27.5. The molecule has 38 heavy (non-hydrogen) atoms. The van der Waals surface area contributed by atoms with Gasteiger partial charge in [0.1, 0.15) is 0 Å². The van der Waals surface area contributed by atoms with Crippen LogP contribution in [0.3, 0.4) is 0 Å². The molecule has 0 spiro atoms. The fraction of sp³-hybridized carbons (Fsp3) is 0.0714. The number of carbonyl (C=O) groups is 2. The quantitative estimate of drug-likeness (QED) is 0.128. The van der Waals surface area contributed by atoms with E-state index < -0.39 is 35.0 Å². The van der Waals surface area contributed by atoms with E-state index in [4.69, 9.17) is 0 Å². The van der Waals surface area contributed by atoms with Crippen LogP contribution in [0, 0.1) is 0 Å². The normalized spacial score (nSPS) is 11.8. The minimum Gasteiger partial charge on any atom is -0.285 e. The van der Waals surface area contributed by atoms with Gasteiger partial charge >= 0.3 is 12.4 Å². The van der Waals surface area contributed by atoms with Gasteiger partial charge in [-0.1, -0.05) is 23.5 Å². The van der Waals surface area contributed by atoms with E-state index >= 15 is 0 Å². The highest BCUT2D eigenvalue weighted by atomic mass is 32.2. The Morgan fingerprint density at radius 3 is 0.895 bits per heavy atom. The Kier molecular flexibility index (Phi) is 8.03. The molecule has 4 aromatic carbocycles. The van der Waals surface area contributed by atoms with E-state index in [9.17, 15) is 35.9 Å². The fourth-order valence-corrected chi connectivity index (χ4v) is 4.94. The van der Waals surface area contributed by atoms with Crippen LogP contribution in [0.2, 0.25) is 0 Å². The summed E-state index contributed by atoms with van der Waals surface area (Å²) in [6, 6.07) is 21.7. The molecule has 0 atom stereocenters. The molecule has 0 saturated heterocycles. The highest BCUT2D eigenvalue weighted by molar-refractivity contribution is 7.99. The van der Waals surface area contributed by atoms with Crippen molar-refractivity contribution in [1.82, 2.24) is 0 Å². The summed E-state index contributed by atoms with van der Waals surface area (Å²) in [5.41, 5.74) is -1.16. The molecule has 2 nitrogen and oxygen atoms in total. The monoisotopic (exact) mass is 562 g/mol. The van der Waals surface area contributed by atoms with E-state index in [0.29, 0.717) is 19.6 Å². The summed E-state index contributed by atoms with van der Waals surface area (Å²) in [6.45, 7) is 0. The van der Waals surface area contributed by atoms with Gasteiger partial charge in [-0.2, -0.15) is 26.3 Å². The van der Waals surface area contributed by atoms with Crippen LogP contribution >= 0.6 is 23.5 Å². The zero-order valence-electron chi connectivity index (χ0n) is 19.1. The standard InChI is InChI=1S/C28H16F6O2S2/c29-27(30,31)19-5-13-23(14-6-19)37-21-9-1-17(2-10-21)25(35)26(36)18-3-11-22(12-4-18)38-24-15-7-20(8-16-24)28(32,33)34/h1-16H. The number of benzene rings is 4. The van der Waals surface area contributed by atoms with Crippen molar-refractivity contribution >= 4 is 35.1 Å². The van der Waals surface area contributed by atoms with Gasteiger partial charge in [-0.25, -0.2) is 0 Å². The van der Waals surface area contributed by atoms with Crippen LogP contribution in [0.4, 0.5) is 26.3 Å². The molecule has 0 heterocycles. The number of ketones is 2. The molecule has 0 saturated carbocycles. The van der Waals surface area contributed by atoms with Crippen molar-refractivity contribution in [3.05, 3.63) is 119 Å². The number of carbonyl (C=O) groups excluding carboxylic acids is 2. The Hall–Kier alpha value is -3.50. The molecule has 0 amide bonds. The Morgan fingerprint density at radius 1 is 0.421 bits per heavy atom. The second kappa shape index (κ2) is 11.1. The lowest BCUT2D eigenvalue weighted by atomic mass is 10.0. The van der Waals surface area contributed by atoms with Crippen molar-refractivity contribution in [2.75, 3.05) is 0 Å². The van der Waals surface area contributed by atoms with Gasteiger partial charge in [0.05, 0.1) is 11.1 Å². The lowest BCUT2D eigenvalue weighted by molar-refractivity contribution is -0.138. The summed E-state index contributed by atoms with van der Waals surface area (Å²) in [5, 5.41) is 0. The SMILES string of the molecule is O=C(C(=O)c1ccc(Sc2ccc(C(F)(F)F)cc2)cc1)c1ccc(Sc2ccc(C(F)(F)F)cc2)cc1. The van der Waals surface area contributed by atoms with Gasteiger partial charge in [0.2, 0.25) is 11.6 Å². The van der Waals surface area contributed by atoms with E-state index in [-0.39, 0.29) is 11.1 Å². The van der Waals surface area contributed by atoms with Crippen molar-refractivity contribution in [3.63, 3.8) is 0 Å². The largest absolute Gasteiger partial charge is 0.416 e. The molecular formula is C28H16F6O2S2. The molecule has 0 radical (unpaired) electrons. The number of Topliss-reactive ketones (excluding diaryl/α,β-unsaturated/α-hetero) is 2. The molecule has 10 heteroatoms. The van der Waals surface area contributed by atoms with E-state index in [1.165, 1.54) is 72.1 Å². The van der Waals surface area contributed by atoms with Gasteiger partial charge in [0.25, 0.3) is 0 Å². The summed E-state index contributed by atoms with van der Waals surface area (Å²) in [4.78, 5) is 27.9. The van der Waals surface area contributed by atoms with Crippen molar-refractivity contribution in [3.8, 4) is 0 Å². The average molecular weight is 563 g/mol. The molecule has 4 aromatic rings. The predicted molar refractivity (Wildman–Crippen MR) is 133 cm³/mol. The number of hydrogen-bond acceptors (Lipinski definition) is 4. The van der Waals surface area contributed by atoms with Gasteiger partial charge in [-0.3, -0.25) is 9.59 Å². The van der Waals surface area contributed by atoms with E-state index in [1.807, 2.05) is 0 Å². The maximum atomic E-state index is 12.7. The van der Waals surface area contributed by atoms with Gasteiger partial charge in [-0.15, -0.1) is 0 Å². The lowest BCUT2D eigenvalue weighted by Crippen LogP contribution is -2.14. The second-order valence-corrected chi connectivity index (χ2v) is 10.2. The smallest absolute Gasteiger partial charge is 0.285 e. The van der Waals surface area contributed by atoms with E-state index in [1.54, 1.807) is 24.3 Å². The zero-order valence-corrected chi connectivity index (χ0v) is 20.8. The van der Waals surface area contributed by atoms with Crippen LogP contribution in [0.5, 0.6) is 0 Å². The third-order valence-corrected chi connectivity index (χ3v) is 7.31. The molecule has 0 N–H and O–H groups in total. The van der Waals surface area contributed by atoms with Crippen LogP contribution < -0.4 is 0 Å². The predicted octanol–water partition coefficient (Wildman–Crippen LogP) is 9.09. The number of rotatable bonds is 7. The third-order valence-electron chi connectivity index (χ3n) is 5.27. The van der Waals surface area contributed by atoms with Gasteiger partial charge in [0, 0.05) is 30.7 Å². The Balaban J connectivity index is 1.37. The summed E-state index contributed by atoms with van der Waals surface area (Å²) in [5.74, 6) is -1.45.